The Hall–Kier alpha value is 0.0338. The lowest BCUT2D eigenvalue weighted by Crippen LogP contribution is -2.46. The van der Waals surface area contributed by atoms with Crippen molar-refractivity contribution in [2.24, 2.45) is 0 Å². The van der Waals surface area contributed by atoms with Crippen molar-refractivity contribution in [3.63, 3.8) is 0 Å². The molecule has 0 aromatic carbocycles. The van der Waals surface area contributed by atoms with Crippen LogP contribution in [0.3, 0.4) is 0 Å². The van der Waals surface area contributed by atoms with Crippen molar-refractivity contribution >= 4 is 17.6 Å². The van der Waals surface area contributed by atoms with E-state index < -0.39 is 17.6 Å². The third-order valence-electron chi connectivity index (χ3n) is 4.54. The van der Waals surface area contributed by atoms with E-state index in [1.165, 1.54) is 0 Å². The Balaban J connectivity index is 0.000000316. The van der Waals surface area contributed by atoms with Crippen molar-refractivity contribution < 1.29 is 45.5 Å². The van der Waals surface area contributed by atoms with Crippen molar-refractivity contribution in [1.82, 2.24) is 0 Å². The molecule has 2 rings (SSSR count). The molecule has 12 heteroatoms. The first kappa shape index (κ1) is 29.1. The lowest BCUT2D eigenvalue weighted by molar-refractivity contribution is 0.0556. The number of ether oxygens (including phenoxy) is 4. The molecule has 0 aromatic rings. The molecule has 0 aromatic heterocycles. The van der Waals surface area contributed by atoms with Gasteiger partial charge in [0.15, 0.2) is 0 Å². The van der Waals surface area contributed by atoms with Gasteiger partial charge in [-0.05, 0) is 20.8 Å². The standard InChI is InChI=1S/C11H24O5Si.C8H18O5Si/c1-4-14-17(15-5-2,16-6-3)8-7-12-9-11-10-13-11;1-9-14(10-2,11-3)5-4-12-6-8-7-13-8/h11H,4-10H2,1-3H3;8H,4-7H2,1-3H3. The van der Waals surface area contributed by atoms with Crippen LogP contribution in [0.4, 0.5) is 0 Å². The minimum Gasteiger partial charge on any atom is -0.379 e. The van der Waals surface area contributed by atoms with E-state index in [0.717, 1.165) is 13.2 Å². The average molecular weight is 487 g/mol. The number of rotatable bonds is 19. The van der Waals surface area contributed by atoms with Crippen LogP contribution in [0.2, 0.25) is 12.1 Å². The number of hydrogen-bond donors (Lipinski definition) is 0. The van der Waals surface area contributed by atoms with Crippen molar-refractivity contribution in [1.29, 1.82) is 0 Å². The van der Waals surface area contributed by atoms with Gasteiger partial charge in [-0.25, -0.2) is 0 Å². The zero-order valence-corrected chi connectivity index (χ0v) is 22.0. The summed E-state index contributed by atoms with van der Waals surface area (Å²) in [5.41, 5.74) is 0. The van der Waals surface area contributed by atoms with Gasteiger partial charge >= 0.3 is 17.6 Å². The van der Waals surface area contributed by atoms with Gasteiger partial charge in [0, 0.05) is 53.2 Å². The van der Waals surface area contributed by atoms with Crippen LogP contribution in [-0.4, -0.2) is 111 Å². The van der Waals surface area contributed by atoms with Crippen LogP contribution in [0.5, 0.6) is 0 Å². The van der Waals surface area contributed by atoms with E-state index in [0.29, 0.717) is 70.5 Å². The highest BCUT2D eigenvalue weighted by Gasteiger charge is 2.40. The molecule has 0 N–H and O–H groups in total. The molecule has 0 spiro atoms. The normalized spacial score (nSPS) is 20.3. The third-order valence-corrected chi connectivity index (χ3v) is 10.2. The monoisotopic (exact) mass is 486 g/mol. The SMILES string of the molecule is CCO[Si](CCOCC1CO1)(OCC)OCC.CO[Si](CCOCC1CO1)(OC)OC. The van der Waals surface area contributed by atoms with E-state index in [1.54, 1.807) is 21.3 Å². The Labute approximate surface area is 189 Å². The van der Waals surface area contributed by atoms with Gasteiger partial charge in [-0.1, -0.05) is 0 Å². The predicted molar refractivity (Wildman–Crippen MR) is 118 cm³/mol. The summed E-state index contributed by atoms with van der Waals surface area (Å²) in [6.07, 6.45) is 0.607. The number of hydrogen-bond acceptors (Lipinski definition) is 10. The summed E-state index contributed by atoms with van der Waals surface area (Å²) in [5, 5.41) is 0. The van der Waals surface area contributed by atoms with Gasteiger partial charge in [-0.15, -0.1) is 0 Å². The molecule has 2 heterocycles. The van der Waals surface area contributed by atoms with E-state index in [4.69, 9.17) is 45.5 Å². The topological polar surface area (TPSA) is 98.9 Å². The highest BCUT2D eigenvalue weighted by atomic mass is 28.4. The molecule has 10 nitrogen and oxygen atoms in total. The largest absolute Gasteiger partial charge is 0.503 e. The molecule has 186 valence electrons. The van der Waals surface area contributed by atoms with Crippen LogP contribution >= 0.6 is 0 Å². The van der Waals surface area contributed by atoms with Crippen LogP contribution < -0.4 is 0 Å². The van der Waals surface area contributed by atoms with Crippen LogP contribution in [0.1, 0.15) is 20.8 Å². The second-order valence-electron chi connectivity index (χ2n) is 6.84. The van der Waals surface area contributed by atoms with Gasteiger partial charge in [-0.3, -0.25) is 0 Å². The van der Waals surface area contributed by atoms with E-state index in [2.05, 4.69) is 0 Å². The maximum absolute atomic E-state index is 5.72. The average Bonchev–Trinajstić information content (AvgIpc) is 3.69. The summed E-state index contributed by atoms with van der Waals surface area (Å²) in [6, 6.07) is 1.37. The third kappa shape index (κ3) is 12.7. The van der Waals surface area contributed by atoms with Gasteiger partial charge in [0.25, 0.3) is 0 Å². The second kappa shape index (κ2) is 16.6. The molecule has 31 heavy (non-hydrogen) atoms. The molecule has 0 amide bonds. The zero-order chi connectivity index (χ0) is 23.0. The van der Waals surface area contributed by atoms with Crippen LogP contribution in [0.25, 0.3) is 0 Å². The van der Waals surface area contributed by atoms with Crippen molar-refractivity contribution in [2.75, 3.05) is 80.8 Å². The van der Waals surface area contributed by atoms with Gasteiger partial charge in [-0.2, -0.15) is 0 Å². The van der Waals surface area contributed by atoms with Gasteiger partial charge in [0.2, 0.25) is 0 Å². The van der Waals surface area contributed by atoms with Crippen LogP contribution in [0, 0.1) is 0 Å². The first-order chi connectivity index (χ1) is 15.0. The highest BCUT2D eigenvalue weighted by molar-refractivity contribution is 6.61. The first-order valence-electron chi connectivity index (χ1n) is 11.0. The Morgan fingerprint density at radius 2 is 1.00 bits per heavy atom. The Bertz CT molecular complexity index is 409. The lowest BCUT2D eigenvalue weighted by atomic mass is 10.5. The smallest absolute Gasteiger partial charge is 0.379 e. The van der Waals surface area contributed by atoms with E-state index in [1.807, 2.05) is 20.8 Å². The molecule has 2 unspecified atom stereocenters. The molecule has 2 fully saturated rings. The van der Waals surface area contributed by atoms with Gasteiger partial charge < -0.3 is 45.5 Å². The molecular weight excluding hydrogens is 444 g/mol. The summed E-state index contributed by atoms with van der Waals surface area (Å²) in [7, 11) is -0.146. The predicted octanol–water partition coefficient (Wildman–Crippen LogP) is 1.73. The van der Waals surface area contributed by atoms with Crippen molar-refractivity contribution in [2.45, 2.75) is 45.1 Å². The Morgan fingerprint density at radius 3 is 1.29 bits per heavy atom. The minimum absolute atomic E-state index is 0.303. The molecule has 2 aliphatic heterocycles. The van der Waals surface area contributed by atoms with E-state index in [9.17, 15) is 0 Å². The summed E-state index contributed by atoms with van der Waals surface area (Å²) < 4.78 is 53.9. The lowest BCUT2D eigenvalue weighted by Gasteiger charge is -2.28. The molecule has 0 radical (unpaired) electrons. The Kier molecular flexibility index (Phi) is 15.6. The first-order valence-corrected chi connectivity index (χ1v) is 14.8. The van der Waals surface area contributed by atoms with Gasteiger partial charge in [0.1, 0.15) is 12.2 Å². The summed E-state index contributed by atoms with van der Waals surface area (Å²) in [4.78, 5) is 0. The molecule has 2 atom stereocenters. The molecule has 2 aliphatic rings. The summed E-state index contributed by atoms with van der Waals surface area (Å²) in [5.74, 6) is 0. The summed E-state index contributed by atoms with van der Waals surface area (Å²) >= 11 is 0. The highest BCUT2D eigenvalue weighted by Crippen LogP contribution is 2.17. The Morgan fingerprint density at radius 1 is 0.645 bits per heavy atom. The van der Waals surface area contributed by atoms with E-state index in [-0.39, 0.29) is 0 Å². The quantitative estimate of drug-likeness (QED) is 0.152. The maximum Gasteiger partial charge on any atom is 0.503 e. The van der Waals surface area contributed by atoms with Crippen molar-refractivity contribution in [3.05, 3.63) is 0 Å². The molecule has 2 saturated heterocycles. The number of epoxide rings is 2. The van der Waals surface area contributed by atoms with Gasteiger partial charge in [0.05, 0.1) is 39.6 Å². The van der Waals surface area contributed by atoms with Crippen LogP contribution in [-0.2, 0) is 45.5 Å². The fraction of sp³-hybridized carbons (Fsp3) is 1.00. The molecule has 0 saturated carbocycles. The fourth-order valence-electron chi connectivity index (χ4n) is 2.71. The van der Waals surface area contributed by atoms with E-state index >= 15 is 0 Å². The van der Waals surface area contributed by atoms with Crippen molar-refractivity contribution in [3.8, 4) is 0 Å². The fourth-order valence-corrected chi connectivity index (χ4v) is 6.61. The molecule has 0 bridgehead atoms. The van der Waals surface area contributed by atoms with Crippen LogP contribution in [0.15, 0.2) is 0 Å². The molecular formula is C19H42O10Si2. The summed E-state index contributed by atoms with van der Waals surface area (Å²) in [6.45, 7) is 11.8. The maximum atomic E-state index is 5.72. The zero-order valence-electron chi connectivity index (χ0n) is 20.0. The minimum atomic E-state index is -2.51. The molecule has 0 aliphatic carbocycles. The second-order valence-corrected chi connectivity index (χ2v) is 12.7.